The Balaban J connectivity index is 1.86. The third-order valence-corrected chi connectivity index (χ3v) is 5.23. The van der Waals surface area contributed by atoms with E-state index in [0.717, 1.165) is 25.9 Å². The van der Waals surface area contributed by atoms with E-state index in [2.05, 4.69) is 11.8 Å². The van der Waals surface area contributed by atoms with Gasteiger partial charge in [-0.05, 0) is 39.2 Å². The number of likely N-dealkylation sites (N-methyl/N-ethyl adjacent to an activating group) is 1. The predicted molar refractivity (Wildman–Crippen MR) is 90.1 cm³/mol. The standard InChI is InChI=1S/C18H32N2O3/c1-3-19(16-10-6-5-7-11-16)14-17(21)20-12-8-9-15(13-20)18(22)23-4-2/h15-16H,3-14H2,1-2H3. The number of carbonyl (C=O) groups is 2. The molecule has 1 unspecified atom stereocenters. The van der Waals surface area contributed by atoms with Crippen molar-refractivity contribution >= 4 is 11.9 Å². The molecule has 2 fully saturated rings. The molecule has 0 aromatic rings. The average molecular weight is 324 g/mol. The maximum atomic E-state index is 12.7. The first-order valence-corrected chi connectivity index (χ1v) is 9.34. The lowest BCUT2D eigenvalue weighted by Crippen LogP contribution is -2.49. The van der Waals surface area contributed by atoms with Crippen LogP contribution in [0, 0.1) is 5.92 Å². The first-order valence-electron chi connectivity index (χ1n) is 9.34. The van der Waals surface area contributed by atoms with Gasteiger partial charge in [-0.3, -0.25) is 14.5 Å². The van der Waals surface area contributed by atoms with Crippen molar-refractivity contribution in [1.29, 1.82) is 0 Å². The maximum Gasteiger partial charge on any atom is 0.310 e. The lowest BCUT2D eigenvalue weighted by Gasteiger charge is -2.36. The van der Waals surface area contributed by atoms with Crippen LogP contribution < -0.4 is 0 Å². The van der Waals surface area contributed by atoms with Gasteiger partial charge in [0, 0.05) is 19.1 Å². The van der Waals surface area contributed by atoms with Crippen LogP contribution in [0.25, 0.3) is 0 Å². The largest absolute Gasteiger partial charge is 0.466 e. The molecule has 0 aromatic heterocycles. The lowest BCUT2D eigenvalue weighted by molar-refractivity contribution is -0.151. The lowest BCUT2D eigenvalue weighted by atomic mass is 9.94. The summed E-state index contributed by atoms with van der Waals surface area (Å²) in [5, 5.41) is 0. The van der Waals surface area contributed by atoms with Crippen LogP contribution >= 0.6 is 0 Å². The zero-order chi connectivity index (χ0) is 16.7. The Hall–Kier alpha value is -1.10. The summed E-state index contributed by atoms with van der Waals surface area (Å²) in [6.45, 7) is 7.10. The molecular formula is C18H32N2O3. The van der Waals surface area contributed by atoms with Gasteiger partial charge < -0.3 is 9.64 Å². The highest BCUT2D eigenvalue weighted by Gasteiger charge is 2.30. The molecule has 5 nitrogen and oxygen atoms in total. The Morgan fingerprint density at radius 2 is 1.83 bits per heavy atom. The molecule has 23 heavy (non-hydrogen) atoms. The van der Waals surface area contributed by atoms with Crippen LogP contribution in [-0.2, 0) is 14.3 Å². The predicted octanol–water partition coefficient (Wildman–Crippen LogP) is 2.44. The van der Waals surface area contributed by atoms with Crippen LogP contribution in [0.15, 0.2) is 0 Å². The maximum absolute atomic E-state index is 12.7. The second kappa shape index (κ2) is 9.26. The molecule has 2 rings (SSSR count). The molecule has 1 saturated carbocycles. The molecule has 0 aromatic carbocycles. The molecule has 1 heterocycles. The van der Waals surface area contributed by atoms with E-state index in [1.54, 1.807) is 0 Å². The van der Waals surface area contributed by atoms with Crippen LogP contribution in [-0.4, -0.2) is 60.5 Å². The van der Waals surface area contributed by atoms with Crippen molar-refractivity contribution in [3.8, 4) is 0 Å². The third-order valence-electron chi connectivity index (χ3n) is 5.23. The number of esters is 1. The molecule has 1 aliphatic heterocycles. The van der Waals surface area contributed by atoms with E-state index in [4.69, 9.17) is 4.74 Å². The summed E-state index contributed by atoms with van der Waals surface area (Å²) in [5.74, 6) is -0.117. The summed E-state index contributed by atoms with van der Waals surface area (Å²) in [6, 6.07) is 0.559. The van der Waals surface area contributed by atoms with Gasteiger partial charge in [-0.1, -0.05) is 26.2 Å². The van der Waals surface area contributed by atoms with Gasteiger partial charge in [0.1, 0.15) is 0 Å². The van der Waals surface area contributed by atoms with Crippen molar-refractivity contribution in [2.75, 3.05) is 32.8 Å². The topological polar surface area (TPSA) is 49.9 Å². The first kappa shape index (κ1) is 18.2. The molecule has 1 aliphatic carbocycles. The van der Waals surface area contributed by atoms with Crippen molar-refractivity contribution < 1.29 is 14.3 Å². The summed E-state index contributed by atoms with van der Waals surface area (Å²) in [5.41, 5.74) is 0. The van der Waals surface area contributed by atoms with Crippen molar-refractivity contribution in [1.82, 2.24) is 9.80 Å². The molecule has 5 heteroatoms. The number of piperidine rings is 1. The fourth-order valence-corrected chi connectivity index (χ4v) is 3.88. The van der Waals surface area contributed by atoms with Gasteiger partial charge in [-0.2, -0.15) is 0 Å². The van der Waals surface area contributed by atoms with Crippen LogP contribution in [0.3, 0.4) is 0 Å². The zero-order valence-corrected chi connectivity index (χ0v) is 14.8. The SMILES string of the molecule is CCOC(=O)C1CCCN(C(=O)CN(CC)C2CCCCC2)C1. The Morgan fingerprint density at radius 3 is 2.48 bits per heavy atom. The highest BCUT2D eigenvalue weighted by atomic mass is 16.5. The van der Waals surface area contributed by atoms with Crippen LogP contribution in [0.4, 0.5) is 0 Å². The minimum atomic E-state index is -0.148. The normalized spacial score (nSPS) is 23.1. The Kier molecular flexibility index (Phi) is 7.34. The number of nitrogens with zero attached hydrogens (tertiary/aromatic N) is 2. The molecule has 0 radical (unpaired) electrons. The minimum Gasteiger partial charge on any atom is -0.466 e. The molecule has 2 aliphatic rings. The van der Waals surface area contributed by atoms with Gasteiger partial charge in [0.2, 0.25) is 5.91 Å². The molecule has 1 atom stereocenters. The minimum absolute atomic E-state index is 0.141. The number of hydrogen-bond acceptors (Lipinski definition) is 4. The van der Waals surface area contributed by atoms with E-state index in [9.17, 15) is 9.59 Å². The van der Waals surface area contributed by atoms with Crippen molar-refractivity contribution in [2.24, 2.45) is 5.92 Å². The monoisotopic (exact) mass is 324 g/mol. The smallest absolute Gasteiger partial charge is 0.310 e. The van der Waals surface area contributed by atoms with Gasteiger partial charge in [-0.15, -0.1) is 0 Å². The van der Waals surface area contributed by atoms with Gasteiger partial charge in [-0.25, -0.2) is 0 Å². The molecule has 0 bridgehead atoms. The fourth-order valence-electron chi connectivity index (χ4n) is 3.88. The number of ether oxygens (including phenoxy) is 1. The Morgan fingerprint density at radius 1 is 1.09 bits per heavy atom. The summed E-state index contributed by atoms with van der Waals surface area (Å²) in [4.78, 5) is 28.8. The molecule has 132 valence electrons. The van der Waals surface area contributed by atoms with E-state index in [0.29, 0.717) is 25.7 Å². The highest BCUT2D eigenvalue weighted by Crippen LogP contribution is 2.23. The fraction of sp³-hybridized carbons (Fsp3) is 0.889. The van der Waals surface area contributed by atoms with Gasteiger partial charge in [0.05, 0.1) is 19.1 Å². The molecular weight excluding hydrogens is 292 g/mol. The molecule has 1 saturated heterocycles. The molecule has 0 spiro atoms. The molecule has 1 amide bonds. The van der Waals surface area contributed by atoms with E-state index in [1.165, 1.54) is 32.1 Å². The van der Waals surface area contributed by atoms with Crippen LogP contribution in [0.5, 0.6) is 0 Å². The van der Waals surface area contributed by atoms with Crippen molar-refractivity contribution in [2.45, 2.75) is 64.8 Å². The second-order valence-corrected chi connectivity index (χ2v) is 6.79. The van der Waals surface area contributed by atoms with Crippen LogP contribution in [0.2, 0.25) is 0 Å². The second-order valence-electron chi connectivity index (χ2n) is 6.79. The zero-order valence-electron chi connectivity index (χ0n) is 14.8. The summed E-state index contributed by atoms with van der Waals surface area (Å²) in [7, 11) is 0. The first-order chi connectivity index (χ1) is 11.2. The van der Waals surface area contributed by atoms with E-state index >= 15 is 0 Å². The number of amides is 1. The molecule has 0 N–H and O–H groups in total. The van der Waals surface area contributed by atoms with Gasteiger partial charge in [0.15, 0.2) is 0 Å². The average Bonchev–Trinajstić information content (AvgIpc) is 2.60. The summed E-state index contributed by atoms with van der Waals surface area (Å²) in [6.07, 6.45) is 8.05. The Labute approximate surface area is 140 Å². The quantitative estimate of drug-likeness (QED) is 0.704. The van der Waals surface area contributed by atoms with E-state index < -0.39 is 0 Å². The number of likely N-dealkylation sites (tertiary alicyclic amines) is 1. The van der Waals surface area contributed by atoms with Crippen molar-refractivity contribution in [3.63, 3.8) is 0 Å². The van der Waals surface area contributed by atoms with E-state index in [-0.39, 0.29) is 17.8 Å². The number of rotatable bonds is 6. The third kappa shape index (κ3) is 5.20. The number of carbonyl (C=O) groups excluding carboxylic acids is 2. The van der Waals surface area contributed by atoms with Crippen molar-refractivity contribution in [3.05, 3.63) is 0 Å². The number of hydrogen-bond donors (Lipinski definition) is 0. The summed E-state index contributed by atoms with van der Waals surface area (Å²) < 4.78 is 5.12. The summed E-state index contributed by atoms with van der Waals surface area (Å²) >= 11 is 0. The highest BCUT2D eigenvalue weighted by molar-refractivity contribution is 5.80. The van der Waals surface area contributed by atoms with Crippen LogP contribution in [0.1, 0.15) is 58.8 Å². The Bertz CT molecular complexity index is 394. The van der Waals surface area contributed by atoms with Gasteiger partial charge in [0.25, 0.3) is 0 Å². The van der Waals surface area contributed by atoms with E-state index in [1.807, 2.05) is 11.8 Å². The van der Waals surface area contributed by atoms with Gasteiger partial charge >= 0.3 is 5.97 Å².